The molecular weight excluding hydrogens is 337 g/mol. The monoisotopic (exact) mass is 350 g/mol. The van der Waals surface area contributed by atoms with E-state index in [1.54, 1.807) is 12.1 Å². The van der Waals surface area contributed by atoms with E-state index in [1.165, 1.54) is 24.5 Å². The lowest BCUT2D eigenvalue weighted by atomic mass is 10.0. The van der Waals surface area contributed by atoms with Crippen LogP contribution in [0.2, 0.25) is 0 Å². The molecule has 3 rings (SSSR count). The molecule has 2 aromatic heterocycles. The Kier molecular flexibility index (Phi) is 4.60. The standard InChI is InChI=1S/C17H13F3N2O3/c18-17(19,20)13-6-2-1-5-12(13)15-14(22-10-25-15)16(23)21-8-7-11-4-3-9-24-11/h1-6,9-10H,7-8H2,(H,21,23). The van der Waals surface area contributed by atoms with Gasteiger partial charge in [0.2, 0.25) is 0 Å². The molecule has 5 nitrogen and oxygen atoms in total. The van der Waals surface area contributed by atoms with Crippen LogP contribution in [0.5, 0.6) is 0 Å². The van der Waals surface area contributed by atoms with Gasteiger partial charge in [-0.1, -0.05) is 18.2 Å². The number of hydrogen-bond donors (Lipinski definition) is 1. The molecule has 3 aromatic rings. The molecule has 0 unspecified atom stereocenters. The highest BCUT2D eigenvalue weighted by Gasteiger charge is 2.35. The molecule has 0 saturated heterocycles. The van der Waals surface area contributed by atoms with Gasteiger partial charge in [0.15, 0.2) is 17.8 Å². The van der Waals surface area contributed by atoms with Gasteiger partial charge < -0.3 is 14.2 Å². The number of amides is 1. The number of carbonyl (C=O) groups is 1. The smallest absolute Gasteiger partial charge is 0.417 e. The minimum absolute atomic E-state index is 0.198. The van der Waals surface area contributed by atoms with Crippen LogP contribution in [-0.4, -0.2) is 17.4 Å². The normalized spacial score (nSPS) is 11.5. The number of rotatable bonds is 5. The average Bonchev–Trinajstić information content (AvgIpc) is 3.25. The summed E-state index contributed by atoms with van der Waals surface area (Å²) in [7, 11) is 0. The van der Waals surface area contributed by atoms with Crippen molar-refractivity contribution in [3.05, 3.63) is 66.1 Å². The Morgan fingerprint density at radius 1 is 1.12 bits per heavy atom. The maximum Gasteiger partial charge on any atom is 0.417 e. The summed E-state index contributed by atoms with van der Waals surface area (Å²) < 4.78 is 49.7. The number of nitrogens with zero attached hydrogens (tertiary/aromatic N) is 1. The van der Waals surface area contributed by atoms with Crippen molar-refractivity contribution in [3.63, 3.8) is 0 Å². The molecule has 0 aliphatic heterocycles. The largest absolute Gasteiger partial charge is 0.469 e. The summed E-state index contributed by atoms with van der Waals surface area (Å²) in [5.41, 5.74) is -1.32. The molecule has 1 N–H and O–H groups in total. The first-order valence-electron chi connectivity index (χ1n) is 7.37. The third-order valence-electron chi connectivity index (χ3n) is 3.50. The van der Waals surface area contributed by atoms with Crippen molar-refractivity contribution in [3.8, 4) is 11.3 Å². The summed E-state index contributed by atoms with van der Waals surface area (Å²) in [6.45, 7) is 0.250. The van der Waals surface area contributed by atoms with Crippen LogP contribution in [0.15, 0.2) is 57.9 Å². The van der Waals surface area contributed by atoms with Crippen molar-refractivity contribution >= 4 is 5.91 Å². The van der Waals surface area contributed by atoms with Crippen molar-refractivity contribution in [1.82, 2.24) is 10.3 Å². The lowest BCUT2D eigenvalue weighted by Crippen LogP contribution is -2.26. The zero-order chi connectivity index (χ0) is 17.9. The molecule has 0 aliphatic carbocycles. The first-order valence-corrected chi connectivity index (χ1v) is 7.37. The number of hydrogen-bond acceptors (Lipinski definition) is 4. The van der Waals surface area contributed by atoms with Gasteiger partial charge in [-0.3, -0.25) is 4.79 Å². The van der Waals surface area contributed by atoms with Gasteiger partial charge in [0.05, 0.1) is 11.8 Å². The second kappa shape index (κ2) is 6.84. The number of oxazole rings is 1. The highest BCUT2D eigenvalue weighted by molar-refractivity contribution is 5.97. The molecule has 0 aliphatic rings. The second-order valence-corrected chi connectivity index (χ2v) is 5.16. The SMILES string of the molecule is O=C(NCCc1ccco1)c1ncoc1-c1ccccc1C(F)(F)F. The van der Waals surface area contributed by atoms with E-state index in [1.807, 2.05) is 0 Å². The molecule has 0 radical (unpaired) electrons. The fourth-order valence-corrected chi connectivity index (χ4v) is 2.37. The van der Waals surface area contributed by atoms with Gasteiger partial charge in [-0.05, 0) is 18.2 Å². The number of halogens is 3. The molecule has 0 spiro atoms. The van der Waals surface area contributed by atoms with Gasteiger partial charge in [-0.15, -0.1) is 0 Å². The molecule has 25 heavy (non-hydrogen) atoms. The number of furan rings is 1. The Balaban J connectivity index is 1.80. The zero-order valence-corrected chi connectivity index (χ0v) is 12.8. The van der Waals surface area contributed by atoms with E-state index >= 15 is 0 Å². The summed E-state index contributed by atoms with van der Waals surface area (Å²) in [5, 5.41) is 2.59. The van der Waals surface area contributed by atoms with Crippen molar-refractivity contribution in [2.24, 2.45) is 0 Å². The number of alkyl halides is 3. The van der Waals surface area contributed by atoms with Crippen LogP contribution in [0.25, 0.3) is 11.3 Å². The van der Waals surface area contributed by atoms with E-state index in [2.05, 4.69) is 10.3 Å². The van der Waals surface area contributed by atoms with Gasteiger partial charge in [0.25, 0.3) is 5.91 Å². The Morgan fingerprint density at radius 2 is 1.92 bits per heavy atom. The number of carbonyl (C=O) groups excluding carboxylic acids is 1. The van der Waals surface area contributed by atoms with Crippen LogP contribution in [0.1, 0.15) is 21.8 Å². The van der Waals surface area contributed by atoms with Gasteiger partial charge in [-0.2, -0.15) is 13.2 Å². The van der Waals surface area contributed by atoms with Crippen molar-refractivity contribution < 1.29 is 26.8 Å². The van der Waals surface area contributed by atoms with Gasteiger partial charge in [-0.25, -0.2) is 4.98 Å². The molecule has 0 saturated carbocycles. The van der Waals surface area contributed by atoms with Crippen LogP contribution in [0.4, 0.5) is 13.2 Å². The lowest BCUT2D eigenvalue weighted by Gasteiger charge is -2.11. The van der Waals surface area contributed by atoms with Crippen LogP contribution in [0.3, 0.4) is 0 Å². The second-order valence-electron chi connectivity index (χ2n) is 5.16. The highest BCUT2D eigenvalue weighted by atomic mass is 19.4. The highest BCUT2D eigenvalue weighted by Crippen LogP contribution is 2.37. The first kappa shape index (κ1) is 16.8. The third kappa shape index (κ3) is 3.73. The lowest BCUT2D eigenvalue weighted by molar-refractivity contribution is -0.137. The molecule has 0 fully saturated rings. The van der Waals surface area contributed by atoms with E-state index in [0.29, 0.717) is 12.2 Å². The fraction of sp³-hybridized carbons (Fsp3) is 0.176. The minimum atomic E-state index is -4.57. The molecule has 0 bridgehead atoms. The average molecular weight is 350 g/mol. The Hall–Kier alpha value is -3.03. The van der Waals surface area contributed by atoms with Crippen molar-refractivity contribution in [2.75, 3.05) is 6.54 Å². The third-order valence-corrected chi connectivity index (χ3v) is 3.50. The fourth-order valence-electron chi connectivity index (χ4n) is 2.37. The van der Waals surface area contributed by atoms with Crippen molar-refractivity contribution in [1.29, 1.82) is 0 Å². The molecular formula is C17H13F3N2O3. The number of nitrogens with one attached hydrogen (secondary N) is 1. The van der Waals surface area contributed by atoms with Crippen LogP contribution >= 0.6 is 0 Å². The molecule has 130 valence electrons. The number of aromatic nitrogens is 1. The van der Waals surface area contributed by atoms with Crippen LogP contribution in [0, 0.1) is 0 Å². The van der Waals surface area contributed by atoms with E-state index < -0.39 is 17.6 Å². The Labute approximate surface area is 140 Å². The molecule has 0 atom stereocenters. The van der Waals surface area contributed by atoms with E-state index in [-0.39, 0.29) is 23.6 Å². The van der Waals surface area contributed by atoms with Crippen molar-refractivity contribution in [2.45, 2.75) is 12.6 Å². The molecule has 8 heteroatoms. The van der Waals surface area contributed by atoms with Crippen LogP contribution in [-0.2, 0) is 12.6 Å². The molecule has 2 heterocycles. The van der Waals surface area contributed by atoms with Crippen LogP contribution < -0.4 is 5.32 Å². The van der Waals surface area contributed by atoms with Gasteiger partial charge in [0.1, 0.15) is 5.76 Å². The predicted octanol–water partition coefficient (Wildman–Crippen LogP) is 3.93. The molecule has 1 aromatic carbocycles. The first-order chi connectivity index (χ1) is 12.0. The van der Waals surface area contributed by atoms with Gasteiger partial charge >= 0.3 is 6.18 Å². The maximum absolute atomic E-state index is 13.2. The topological polar surface area (TPSA) is 68.3 Å². The van der Waals surface area contributed by atoms with E-state index in [4.69, 9.17) is 8.83 Å². The summed E-state index contributed by atoms with van der Waals surface area (Å²) in [6, 6.07) is 8.35. The summed E-state index contributed by atoms with van der Waals surface area (Å²) in [5.74, 6) is -0.154. The number of benzene rings is 1. The summed E-state index contributed by atoms with van der Waals surface area (Å²) in [4.78, 5) is 16.0. The Bertz CT molecular complexity index is 854. The maximum atomic E-state index is 13.2. The Morgan fingerprint density at radius 3 is 2.64 bits per heavy atom. The predicted molar refractivity (Wildman–Crippen MR) is 81.7 cm³/mol. The van der Waals surface area contributed by atoms with E-state index in [0.717, 1.165) is 12.5 Å². The minimum Gasteiger partial charge on any atom is -0.469 e. The van der Waals surface area contributed by atoms with E-state index in [9.17, 15) is 18.0 Å². The quantitative estimate of drug-likeness (QED) is 0.757. The summed E-state index contributed by atoms with van der Waals surface area (Å²) in [6.07, 6.45) is -1.66. The zero-order valence-electron chi connectivity index (χ0n) is 12.8. The summed E-state index contributed by atoms with van der Waals surface area (Å²) >= 11 is 0. The molecule has 1 amide bonds. The van der Waals surface area contributed by atoms with Gasteiger partial charge in [0, 0.05) is 18.5 Å².